The van der Waals surface area contributed by atoms with E-state index in [1.54, 1.807) is 24.3 Å². The van der Waals surface area contributed by atoms with Gasteiger partial charge >= 0.3 is 0 Å². The molecular formula is C13H15NO2S. The van der Waals surface area contributed by atoms with Crippen molar-refractivity contribution in [2.45, 2.75) is 36.3 Å². The van der Waals surface area contributed by atoms with Crippen molar-refractivity contribution in [3.8, 4) is 6.07 Å². The summed E-state index contributed by atoms with van der Waals surface area (Å²) in [7, 11) is -3.54. The molecule has 17 heavy (non-hydrogen) atoms. The number of hydrogen-bond acceptors (Lipinski definition) is 3. The molecule has 0 saturated heterocycles. The predicted octanol–water partition coefficient (Wildman–Crippen LogP) is 2.46. The summed E-state index contributed by atoms with van der Waals surface area (Å²) in [6.45, 7) is 3.74. The first-order chi connectivity index (χ1) is 7.94. The molecule has 1 fully saturated rings. The van der Waals surface area contributed by atoms with Crippen LogP contribution in [0.5, 0.6) is 0 Å². The minimum Gasteiger partial charge on any atom is -0.222 e. The van der Waals surface area contributed by atoms with Crippen molar-refractivity contribution in [1.82, 2.24) is 0 Å². The third-order valence-electron chi connectivity index (χ3n) is 3.74. The third kappa shape index (κ3) is 1.57. The van der Waals surface area contributed by atoms with E-state index in [0.29, 0.717) is 6.42 Å². The molecule has 0 amide bonds. The molecule has 90 valence electrons. The maximum Gasteiger partial charge on any atom is 0.197 e. The minimum absolute atomic E-state index is 0.0844. The van der Waals surface area contributed by atoms with Gasteiger partial charge in [-0.2, -0.15) is 5.26 Å². The highest BCUT2D eigenvalue weighted by molar-refractivity contribution is 7.93. The fourth-order valence-corrected chi connectivity index (χ4v) is 4.32. The number of aryl methyl sites for hydroxylation is 1. The van der Waals surface area contributed by atoms with Crippen molar-refractivity contribution in [3.63, 3.8) is 0 Å². The highest BCUT2D eigenvalue weighted by atomic mass is 32.2. The van der Waals surface area contributed by atoms with Crippen LogP contribution in [0, 0.1) is 24.2 Å². The Morgan fingerprint density at radius 2 is 1.94 bits per heavy atom. The lowest BCUT2D eigenvalue weighted by molar-refractivity contribution is 0.279. The molecular weight excluding hydrogens is 234 g/mol. The van der Waals surface area contributed by atoms with Gasteiger partial charge in [-0.05, 0) is 37.8 Å². The lowest BCUT2D eigenvalue weighted by Crippen LogP contribution is -2.50. The van der Waals surface area contributed by atoms with Gasteiger partial charge in [0.1, 0.15) is 0 Å². The molecule has 0 spiro atoms. The molecule has 2 rings (SSSR count). The van der Waals surface area contributed by atoms with E-state index in [2.05, 4.69) is 0 Å². The van der Waals surface area contributed by atoms with Gasteiger partial charge in [-0.3, -0.25) is 0 Å². The van der Waals surface area contributed by atoms with E-state index >= 15 is 0 Å². The van der Waals surface area contributed by atoms with Gasteiger partial charge in [-0.15, -0.1) is 0 Å². The number of benzene rings is 1. The van der Waals surface area contributed by atoms with Crippen LogP contribution in [-0.2, 0) is 9.84 Å². The van der Waals surface area contributed by atoms with Crippen molar-refractivity contribution in [2.75, 3.05) is 0 Å². The summed E-state index contributed by atoms with van der Waals surface area (Å²) in [6.07, 6.45) is 1.25. The molecule has 1 aromatic carbocycles. The highest BCUT2D eigenvalue weighted by Gasteiger charge is 2.55. The van der Waals surface area contributed by atoms with Gasteiger partial charge in [0, 0.05) is 0 Å². The van der Waals surface area contributed by atoms with Crippen molar-refractivity contribution < 1.29 is 8.42 Å². The van der Waals surface area contributed by atoms with Gasteiger partial charge in [0.2, 0.25) is 0 Å². The van der Waals surface area contributed by atoms with E-state index in [9.17, 15) is 13.7 Å². The van der Waals surface area contributed by atoms with E-state index in [0.717, 1.165) is 12.0 Å². The summed E-state index contributed by atoms with van der Waals surface area (Å²) in [6, 6.07) is 8.74. The summed E-state index contributed by atoms with van der Waals surface area (Å²) in [4.78, 5) is 0.260. The van der Waals surface area contributed by atoms with Gasteiger partial charge in [0.25, 0.3) is 0 Å². The molecule has 1 aliphatic rings. The molecule has 4 heteroatoms. The van der Waals surface area contributed by atoms with Gasteiger partial charge in [0.05, 0.1) is 11.0 Å². The number of nitriles is 1. The maximum absolute atomic E-state index is 12.5. The summed E-state index contributed by atoms with van der Waals surface area (Å²) in [5, 5.41) is 9.23. The van der Waals surface area contributed by atoms with E-state index < -0.39 is 14.6 Å². The van der Waals surface area contributed by atoms with Gasteiger partial charge in [0.15, 0.2) is 14.6 Å². The van der Waals surface area contributed by atoms with Crippen LogP contribution in [-0.4, -0.2) is 13.2 Å². The molecule has 2 atom stereocenters. The lowest BCUT2D eigenvalue weighted by Gasteiger charge is -2.41. The Morgan fingerprint density at radius 3 is 2.29 bits per heavy atom. The first-order valence-corrected chi connectivity index (χ1v) is 7.15. The number of rotatable bonds is 2. The molecule has 2 unspecified atom stereocenters. The molecule has 0 heterocycles. The molecule has 0 N–H and O–H groups in total. The standard InChI is InChI=1S/C13H15NO2S/c1-10-3-5-12(6-4-10)17(15,16)13(9-14)8-7-11(13)2/h3-6,11H,7-8H2,1-2H3. The minimum atomic E-state index is -3.54. The third-order valence-corrected chi connectivity index (χ3v) is 6.29. The molecule has 0 aliphatic heterocycles. The molecule has 0 bridgehead atoms. The van der Waals surface area contributed by atoms with E-state index in [-0.39, 0.29) is 10.8 Å². The zero-order chi connectivity index (χ0) is 12.7. The molecule has 3 nitrogen and oxygen atoms in total. The number of nitrogens with zero attached hydrogens (tertiary/aromatic N) is 1. The highest BCUT2D eigenvalue weighted by Crippen LogP contribution is 2.46. The molecule has 1 saturated carbocycles. The average molecular weight is 249 g/mol. The van der Waals surface area contributed by atoms with E-state index in [1.807, 2.05) is 19.9 Å². The number of sulfone groups is 1. The van der Waals surface area contributed by atoms with Crippen LogP contribution >= 0.6 is 0 Å². The summed E-state index contributed by atoms with van der Waals surface area (Å²) >= 11 is 0. The van der Waals surface area contributed by atoms with E-state index in [1.165, 1.54) is 0 Å². The topological polar surface area (TPSA) is 57.9 Å². The van der Waals surface area contributed by atoms with Crippen molar-refractivity contribution in [2.24, 2.45) is 5.92 Å². The van der Waals surface area contributed by atoms with Crippen LogP contribution in [0.3, 0.4) is 0 Å². The van der Waals surface area contributed by atoms with Crippen LogP contribution in [0.4, 0.5) is 0 Å². The first-order valence-electron chi connectivity index (χ1n) is 5.66. The Labute approximate surface area is 102 Å². The van der Waals surface area contributed by atoms with Crippen LogP contribution in [0.1, 0.15) is 25.3 Å². The summed E-state index contributed by atoms with van der Waals surface area (Å²) in [5.74, 6) is -0.0844. The largest absolute Gasteiger partial charge is 0.222 e. The number of hydrogen-bond donors (Lipinski definition) is 0. The van der Waals surface area contributed by atoms with Gasteiger partial charge in [-0.1, -0.05) is 24.6 Å². The second-order valence-electron chi connectivity index (χ2n) is 4.76. The SMILES string of the molecule is Cc1ccc(S(=O)(=O)C2(C#N)CCC2C)cc1. The van der Waals surface area contributed by atoms with Crippen molar-refractivity contribution in [1.29, 1.82) is 5.26 Å². The van der Waals surface area contributed by atoms with Crippen LogP contribution < -0.4 is 0 Å². The van der Waals surface area contributed by atoms with Gasteiger partial charge in [-0.25, -0.2) is 8.42 Å². The average Bonchev–Trinajstić information content (AvgIpc) is 2.28. The van der Waals surface area contributed by atoms with Crippen LogP contribution in [0.15, 0.2) is 29.2 Å². The van der Waals surface area contributed by atoms with Crippen LogP contribution in [0.2, 0.25) is 0 Å². The van der Waals surface area contributed by atoms with E-state index in [4.69, 9.17) is 0 Å². The normalized spacial score (nSPS) is 28.2. The van der Waals surface area contributed by atoms with Gasteiger partial charge < -0.3 is 0 Å². The fourth-order valence-electron chi connectivity index (χ4n) is 2.25. The Kier molecular flexibility index (Phi) is 2.75. The predicted molar refractivity (Wildman–Crippen MR) is 65.1 cm³/mol. The van der Waals surface area contributed by atoms with Crippen molar-refractivity contribution in [3.05, 3.63) is 29.8 Å². The lowest BCUT2D eigenvalue weighted by atomic mass is 9.75. The molecule has 1 aliphatic carbocycles. The summed E-state index contributed by atoms with van der Waals surface area (Å²) < 4.78 is 23.7. The Morgan fingerprint density at radius 1 is 1.35 bits per heavy atom. The summed E-state index contributed by atoms with van der Waals surface area (Å²) in [5.41, 5.74) is 1.01. The fraction of sp³-hybridized carbons (Fsp3) is 0.462. The van der Waals surface area contributed by atoms with Crippen LogP contribution in [0.25, 0.3) is 0 Å². The zero-order valence-electron chi connectivity index (χ0n) is 9.97. The first kappa shape index (κ1) is 12.1. The molecule has 1 aromatic rings. The Bertz CT molecular complexity index is 568. The smallest absolute Gasteiger partial charge is 0.197 e. The Hall–Kier alpha value is -1.34. The van der Waals surface area contributed by atoms with Crippen molar-refractivity contribution >= 4 is 9.84 Å². The molecule has 0 radical (unpaired) electrons. The second-order valence-corrected chi connectivity index (χ2v) is 6.96. The quantitative estimate of drug-likeness (QED) is 0.809. The zero-order valence-corrected chi connectivity index (χ0v) is 10.8. The molecule has 0 aromatic heterocycles. The monoisotopic (exact) mass is 249 g/mol. The maximum atomic E-state index is 12.5. The Balaban J connectivity index is 2.51. The second kappa shape index (κ2) is 3.85.